The molecule has 2 aromatic carbocycles. The minimum atomic E-state index is 0.134. The van der Waals surface area contributed by atoms with Gasteiger partial charge in [0.2, 0.25) is 0 Å². The van der Waals surface area contributed by atoms with Crippen LogP contribution in [0.25, 0.3) is 0 Å². The Bertz CT molecular complexity index is 637. The predicted octanol–water partition coefficient (Wildman–Crippen LogP) is 4.41. The van der Waals surface area contributed by atoms with Gasteiger partial charge in [-0.15, -0.1) is 0 Å². The standard InChI is InChI=1S/C17H17ClO2/c18-16-10-14(5-7-17(16)20)11-2-1-3-12-9-15(19)6-4-13(12)8-11/h4-7,9-11,19-20H,1-3,8H2. The van der Waals surface area contributed by atoms with Crippen LogP contribution in [0.1, 0.15) is 35.4 Å². The lowest BCUT2D eigenvalue weighted by Crippen LogP contribution is -2.01. The number of phenols is 2. The van der Waals surface area contributed by atoms with Crippen LogP contribution in [0.15, 0.2) is 36.4 Å². The summed E-state index contributed by atoms with van der Waals surface area (Å²) >= 11 is 6.01. The van der Waals surface area contributed by atoms with Crippen LogP contribution < -0.4 is 0 Å². The molecule has 0 bridgehead atoms. The Kier molecular flexibility index (Phi) is 3.58. The second-order valence-electron chi connectivity index (χ2n) is 5.46. The smallest absolute Gasteiger partial charge is 0.134 e. The van der Waals surface area contributed by atoms with E-state index in [2.05, 4.69) is 0 Å². The van der Waals surface area contributed by atoms with Crippen molar-refractivity contribution in [3.63, 3.8) is 0 Å². The molecule has 0 fully saturated rings. The molecule has 2 N–H and O–H groups in total. The highest BCUT2D eigenvalue weighted by Crippen LogP contribution is 2.35. The molecule has 0 aliphatic heterocycles. The van der Waals surface area contributed by atoms with Crippen LogP contribution in [0.2, 0.25) is 5.02 Å². The summed E-state index contributed by atoms with van der Waals surface area (Å²) in [4.78, 5) is 0. The van der Waals surface area contributed by atoms with Gasteiger partial charge in [-0.05, 0) is 72.6 Å². The van der Waals surface area contributed by atoms with Crippen molar-refractivity contribution in [3.8, 4) is 11.5 Å². The largest absolute Gasteiger partial charge is 0.508 e. The van der Waals surface area contributed by atoms with Gasteiger partial charge in [-0.3, -0.25) is 0 Å². The van der Waals surface area contributed by atoms with Gasteiger partial charge >= 0.3 is 0 Å². The first-order chi connectivity index (χ1) is 9.63. The van der Waals surface area contributed by atoms with Crippen molar-refractivity contribution in [2.45, 2.75) is 31.6 Å². The zero-order valence-corrected chi connectivity index (χ0v) is 11.9. The number of hydrogen-bond donors (Lipinski definition) is 2. The molecule has 2 aromatic rings. The van der Waals surface area contributed by atoms with E-state index in [1.807, 2.05) is 24.3 Å². The van der Waals surface area contributed by atoms with Gasteiger partial charge in [-0.1, -0.05) is 23.7 Å². The zero-order valence-electron chi connectivity index (χ0n) is 11.1. The summed E-state index contributed by atoms with van der Waals surface area (Å²) in [5.74, 6) is 0.892. The van der Waals surface area contributed by atoms with E-state index in [-0.39, 0.29) is 5.75 Å². The summed E-state index contributed by atoms with van der Waals surface area (Å²) < 4.78 is 0. The number of phenolic OH excluding ortho intramolecular Hbond substituents is 2. The average molecular weight is 289 g/mol. The van der Waals surface area contributed by atoms with Gasteiger partial charge in [0.15, 0.2) is 0 Å². The monoisotopic (exact) mass is 288 g/mol. The lowest BCUT2D eigenvalue weighted by Gasteiger charge is -2.16. The minimum absolute atomic E-state index is 0.134. The van der Waals surface area contributed by atoms with Crippen LogP contribution in [0.5, 0.6) is 11.5 Å². The molecule has 3 heteroatoms. The van der Waals surface area contributed by atoms with Crippen molar-refractivity contribution in [1.29, 1.82) is 0 Å². The third-order valence-electron chi connectivity index (χ3n) is 4.10. The molecule has 20 heavy (non-hydrogen) atoms. The normalized spacial score (nSPS) is 18.4. The number of benzene rings is 2. The lowest BCUT2D eigenvalue weighted by atomic mass is 9.90. The van der Waals surface area contributed by atoms with Crippen molar-refractivity contribution in [2.24, 2.45) is 0 Å². The first-order valence-corrected chi connectivity index (χ1v) is 7.30. The Morgan fingerprint density at radius 3 is 2.65 bits per heavy atom. The molecule has 2 nitrogen and oxygen atoms in total. The molecule has 1 unspecified atom stereocenters. The summed E-state index contributed by atoms with van der Waals surface area (Å²) in [6, 6.07) is 11.1. The van der Waals surface area contributed by atoms with Gasteiger partial charge in [-0.25, -0.2) is 0 Å². The second kappa shape index (κ2) is 5.37. The van der Waals surface area contributed by atoms with E-state index in [0.717, 1.165) is 25.7 Å². The van der Waals surface area contributed by atoms with E-state index >= 15 is 0 Å². The summed E-state index contributed by atoms with van der Waals surface area (Å²) in [6.45, 7) is 0. The summed E-state index contributed by atoms with van der Waals surface area (Å²) in [5.41, 5.74) is 3.72. The fraction of sp³-hybridized carbons (Fsp3) is 0.294. The fourth-order valence-electron chi connectivity index (χ4n) is 3.01. The van der Waals surface area contributed by atoms with Crippen molar-refractivity contribution >= 4 is 11.6 Å². The maximum atomic E-state index is 9.58. The maximum Gasteiger partial charge on any atom is 0.134 e. The van der Waals surface area contributed by atoms with Crippen molar-refractivity contribution in [3.05, 3.63) is 58.1 Å². The van der Waals surface area contributed by atoms with E-state index in [4.69, 9.17) is 11.6 Å². The SMILES string of the molecule is Oc1ccc2c(c1)CCCC(c1ccc(O)c(Cl)c1)C2. The molecule has 104 valence electrons. The quantitative estimate of drug-likeness (QED) is 0.763. The molecule has 3 rings (SSSR count). The molecule has 0 spiro atoms. The molecular weight excluding hydrogens is 272 g/mol. The zero-order chi connectivity index (χ0) is 14.1. The van der Waals surface area contributed by atoms with Gasteiger partial charge in [0.05, 0.1) is 5.02 Å². The Morgan fingerprint density at radius 2 is 1.85 bits per heavy atom. The number of aromatic hydroxyl groups is 2. The van der Waals surface area contributed by atoms with E-state index in [1.54, 1.807) is 12.1 Å². The number of fused-ring (bicyclic) bond motifs is 1. The lowest BCUT2D eigenvalue weighted by molar-refractivity contribution is 0.474. The van der Waals surface area contributed by atoms with Gasteiger partial charge in [-0.2, -0.15) is 0 Å². The third kappa shape index (κ3) is 2.61. The fourth-order valence-corrected chi connectivity index (χ4v) is 3.20. The molecule has 0 aromatic heterocycles. The third-order valence-corrected chi connectivity index (χ3v) is 4.40. The highest BCUT2D eigenvalue weighted by Gasteiger charge is 2.19. The maximum absolute atomic E-state index is 9.58. The van der Waals surface area contributed by atoms with E-state index in [9.17, 15) is 10.2 Å². The molecule has 0 radical (unpaired) electrons. The Hall–Kier alpha value is -1.67. The average Bonchev–Trinajstić information content (AvgIpc) is 2.63. The topological polar surface area (TPSA) is 40.5 Å². The van der Waals surface area contributed by atoms with Crippen molar-refractivity contribution < 1.29 is 10.2 Å². The highest BCUT2D eigenvalue weighted by molar-refractivity contribution is 6.32. The molecule has 0 saturated carbocycles. The number of rotatable bonds is 1. The Morgan fingerprint density at radius 1 is 1.00 bits per heavy atom. The van der Waals surface area contributed by atoms with Crippen LogP contribution in [0.4, 0.5) is 0 Å². The van der Waals surface area contributed by atoms with E-state index in [0.29, 0.717) is 16.7 Å². The van der Waals surface area contributed by atoms with Crippen LogP contribution in [-0.2, 0) is 12.8 Å². The van der Waals surface area contributed by atoms with Gasteiger partial charge in [0, 0.05) is 0 Å². The van der Waals surface area contributed by atoms with Crippen molar-refractivity contribution in [1.82, 2.24) is 0 Å². The van der Waals surface area contributed by atoms with Crippen LogP contribution in [-0.4, -0.2) is 10.2 Å². The van der Waals surface area contributed by atoms with E-state index < -0.39 is 0 Å². The molecule has 1 aliphatic carbocycles. The van der Waals surface area contributed by atoms with E-state index in [1.165, 1.54) is 16.7 Å². The highest BCUT2D eigenvalue weighted by atomic mass is 35.5. The number of aryl methyl sites for hydroxylation is 1. The van der Waals surface area contributed by atoms with Crippen LogP contribution in [0.3, 0.4) is 0 Å². The van der Waals surface area contributed by atoms with Crippen LogP contribution in [0, 0.1) is 0 Å². The molecule has 1 atom stereocenters. The molecule has 0 amide bonds. The van der Waals surface area contributed by atoms with Gasteiger partial charge in [0.1, 0.15) is 11.5 Å². The minimum Gasteiger partial charge on any atom is -0.508 e. The summed E-state index contributed by atoms with van der Waals surface area (Å²) in [5, 5.41) is 19.5. The first-order valence-electron chi connectivity index (χ1n) is 6.92. The number of hydrogen-bond acceptors (Lipinski definition) is 2. The summed E-state index contributed by atoms with van der Waals surface area (Å²) in [6.07, 6.45) is 4.15. The second-order valence-corrected chi connectivity index (χ2v) is 5.86. The molecular formula is C17H17ClO2. The molecule has 0 heterocycles. The van der Waals surface area contributed by atoms with Crippen molar-refractivity contribution in [2.75, 3.05) is 0 Å². The first kappa shape index (κ1) is 13.3. The number of halogens is 1. The van der Waals surface area contributed by atoms with Gasteiger partial charge < -0.3 is 10.2 Å². The predicted molar refractivity (Wildman–Crippen MR) is 80.6 cm³/mol. The molecule has 0 saturated heterocycles. The van der Waals surface area contributed by atoms with Crippen LogP contribution >= 0.6 is 11.6 Å². The Balaban J connectivity index is 1.92. The Labute approximate surface area is 123 Å². The van der Waals surface area contributed by atoms with Gasteiger partial charge in [0.25, 0.3) is 0 Å². The molecule has 1 aliphatic rings. The summed E-state index contributed by atoms with van der Waals surface area (Å²) in [7, 11) is 0.